The van der Waals surface area contributed by atoms with Gasteiger partial charge in [-0.25, -0.2) is 8.42 Å². The molecule has 1 saturated heterocycles. The fourth-order valence-corrected chi connectivity index (χ4v) is 4.83. The molecule has 0 amide bonds. The van der Waals surface area contributed by atoms with Gasteiger partial charge in [0.2, 0.25) is 10.0 Å². The molecule has 0 atom stereocenters. The highest BCUT2D eigenvalue weighted by Gasteiger charge is 2.33. The fraction of sp³-hybridized carbons (Fsp3) is 0.533. The lowest BCUT2D eigenvalue weighted by molar-refractivity contribution is 0.0588. The van der Waals surface area contributed by atoms with Gasteiger partial charge < -0.3 is 4.74 Å². The standard InChI is InChI=1S/C15H19ClN2O3S/c1-12-3-4-15(14(16)11-12)22(19,20)18(8-2-7-17)13-5-9-21-10-6-13/h3-4,11,13H,2,5-6,8-10H2,1H3. The molecule has 1 aromatic carbocycles. The van der Waals surface area contributed by atoms with Gasteiger partial charge in [-0.3, -0.25) is 0 Å². The van der Waals surface area contributed by atoms with E-state index in [-0.39, 0.29) is 28.9 Å². The van der Waals surface area contributed by atoms with Gasteiger partial charge in [0.1, 0.15) is 4.90 Å². The highest BCUT2D eigenvalue weighted by molar-refractivity contribution is 7.89. The van der Waals surface area contributed by atoms with Crippen LogP contribution in [0, 0.1) is 18.3 Å². The van der Waals surface area contributed by atoms with Crippen LogP contribution in [-0.4, -0.2) is 38.5 Å². The van der Waals surface area contributed by atoms with Crippen LogP contribution in [0.2, 0.25) is 5.02 Å². The maximum absolute atomic E-state index is 13.0. The van der Waals surface area contributed by atoms with Crippen molar-refractivity contribution in [1.29, 1.82) is 5.26 Å². The number of ether oxygens (including phenoxy) is 1. The zero-order valence-electron chi connectivity index (χ0n) is 12.5. The largest absolute Gasteiger partial charge is 0.381 e. The van der Waals surface area contributed by atoms with E-state index in [0.29, 0.717) is 26.1 Å². The maximum atomic E-state index is 13.0. The number of rotatable bonds is 5. The molecule has 0 spiro atoms. The number of nitriles is 1. The van der Waals surface area contributed by atoms with Crippen molar-refractivity contribution in [2.75, 3.05) is 19.8 Å². The highest BCUT2D eigenvalue weighted by atomic mass is 35.5. The van der Waals surface area contributed by atoms with Gasteiger partial charge in [0, 0.05) is 32.2 Å². The maximum Gasteiger partial charge on any atom is 0.244 e. The molecule has 1 aliphatic heterocycles. The molecule has 22 heavy (non-hydrogen) atoms. The minimum absolute atomic E-state index is 0.101. The first-order chi connectivity index (χ1) is 10.5. The second-order valence-corrected chi connectivity index (χ2v) is 7.57. The number of aryl methyl sites for hydroxylation is 1. The molecule has 7 heteroatoms. The number of hydrogen-bond donors (Lipinski definition) is 0. The number of benzene rings is 1. The van der Waals surface area contributed by atoms with Gasteiger partial charge in [-0.1, -0.05) is 17.7 Å². The Morgan fingerprint density at radius 1 is 1.41 bits per heavy atom. The van der Waals surface area contributed by atoms with E-state index in [4.69, 9.17) is 21.6 Å². The molecule has 0 N–H and O–H groups in total. The van der Waals surface area contributed by atoms with Crippen LogP contribution in [0.4, 0.5) is 0 Å². The molecular weight excluding hydrogens is 324 g/mol. The van der Waals surface area contributed by atoms with Gasteiger partial charge >= 0.3 is 0 Å². The summed E-state index contributed by atoms with van der Waals surface area (Å²) in [5, 5.41) is 9.04. The summed E-state index contributed by atoms with van der Waals surface area (Å²) in [7, 11) is -3.73. The van der Waals surface area contributed by atoms with Crippen LogP contribution < -0.4 is 0 Å². The van der Waals surface area contributed by atoms with Crippen molar-refractivity contribution in [3.05, 3.63) is 28.8 Å². The van der Waals surface area contributed by atoms with Gasteiger partial charge in [-0.2, -0.15) is 9.57 Å². The van der Waals surface area contributed by atoms with Crippen LogP contribution in [-0.2, 0) is 14.8 Å². The van der Waals surface area contributed by atoms with E-state index >= 15 is 0 Å². The summed E-state index contributed by atoms with van der Waals surface area (Å²) in [6, 6.07) is 6.77. The van der Waals surface area contributed by atoms with Crippen molar-refractivity contribution in [3.63, 3.8) is 0 Å². The SMILES string of the molecule is Cc1ccc(S(=O)(=O)N(CCC#N)C2CCOCC2)c(Cl)c1. The van der Waals surface area contributed by atoms with E-state index in [2.05, 4.69) is 0 Å². The lowest BCUT2D eigenvalue weighted by atomic mass is 10.1. The van der Waals surface area contributed by atoms with E-state index < -0.39 is 10.0 Å². The van der Waals surface area contributed by atoms with Crippen LogP contribution in [0.5, 0.6) is 0 Å². The molecule has 0 radical (unpaired) electrons. The first kappa shape index (κ1) is 17.2. The molecule has 2 rings (SSSR count). The fourth-order valence-electron chi connectivity index (χ4n) is 2.57. The van der Waals surface area contributed by atoms with Gasteiger partial charge in [-0.15, -0.1) is 0 Å². The van der Waals surface area contributed by atoms with Crippen molar-refractivity contribution in [1.82, 2.24) is 4.31 Å². The monoisotopic (exact) mass is 342 g/mol. The second kappa shape index (κ2) is 7.42. The van der Waals surface area contributed by atoms with Crippen LogP contribution in [0.3, 0.4) is 0 Å². The predicted octanol–water partition coefficient (Wildman–Crippen LogP) is 2.73. The third-order valence-electron chi connectivity index (χ3n) is 3.72. The van der Waals surface area contributed by atoms with Crippen LogP contribution in [0.15, 0.2) is 23.1 Å². The van der Waals surface area contributed by atoms with E-state index in [1.165, 1.54) is 10.4 Å². The minimum atomic E-state index is -3.73. The Hall–Kier alpha value is -1.13. The van der Waals surface area contributed by atoms with Gasteiger partial charge in [0.25, 0.3) is 0 Å². The third-order valence-corrected chi connectivity index (χ3v) is 6.15. The summed E-state index contributed by atoms with van der Waals surface area (Å²) in [6.45, 7) is 3.09. The molecule has 5 nitrogen and oxygen atoms in total. The molecule has 0 aliphatic carbocycles. The third kappa shape index (κ3) is 3.79. The smallest absolute Gasteiger partial charge is 0.244 e. The summed E-state index contributed by atoms with van der Waals surface area (Å²) in [6.07, 6.45) is 1.42. The Balaban J connectivity index is 2.37. The zero-order valence-corrected chi connectivity index (χ0v) is 14.0. The van der Waals surface area contributed by atoms with Crippen LogP contribution >= 0.6 is 11.6 Å². The Morgan fingerprint density at radius 2 is 2.09 bits per heavy atom. The number of halogens is 1. The number of hydrogen-bond acceptors (Lipinski definition) is 4. The molecular formula is C15H19ClN2O3S. The topological polar surface area (TPSA) is 70.4 Å². The summed E-state index contributed by atoms with van der Waals surface area (Å²) in [5.41, 5.74) is 0.901. The normalized spacial score (nSPS) is 16.6. The summed E-state index contributed by atoms with van der Waals surface area (Å²) >= 11 is 6.14. The van der Waals surface area contributed by atoms with Gasteiger partial charge in [0.05, 0.1) is 11.1 Å². The molecule has 0 unspecified atom stereocenters. The number of nitrogens with zero attached hydrogens (tertiary/aromatic N) is 2. The average Bonchev–Trinajstić information content (AvgIpc) is 2.48. The quantitative estimate of drug-likeness (QED) is 0.825. The molecule has 0 bridgehead atoms. The van der Waals surface area contributed by atoms with E-state index in [9.17, 15) is 8.42 Å². The lowest BCUT2D eigenvalue weighted by Crippen LogP contribution is -2.43. The van der Waals surface area contributed by atoms with Crippen molar-refractivity contribution >= 4 is 21.6 Å². The Kier molecular flexibility index (Phi) is 5.81. The minimum Gasteiger partial charge on any atom is -0.381 e. The predicted molar refractivity (Wildman–Crippen MR) is 84.2 cm³/mol. The Labute approximate surface area is 136 Å². The van der Waals surface area contributed by atoms with Gasteiger partial charge in [-0.05, 0) is 37.5 Å². The molecule has 0 saturated carbocycles. The molecule has 1 heterocycles. The second-order valence-electron chi connectivity index (χ2n) is 5.30. The van der Waals surface area contributed by atoms with E-state index in [1.807, 2.05) is 13.0 Å². The first-order valence-electron chi connectivity index (χ1n) is 7.19. The lowest BCUT2D eigenvalue weighted by Gasteiger charge is -2.33. The Morgan fingerprint density at radius 3 is 2.68 bits per heavy atom. The van der Waals surface area contributed by atoms with E-state index in [1.54, 1.807) is 12.1 Å². The molecule has 1 aromatic rings. The Bertz CT molecular complexity index is 664. The molecule has 1 fully saturated rings. The molecule has 120 valence electrons. The summed E-state index contributed by atoms with van der Waals surface area (Å²) in [5.74, 6) is 0. The molecule has 0 aromatic heterocycles. The van der Waals surface area contributed by atoms with Crippen molar-refractivity contribution < 1.29 is 13.2 Å². The highest BCUT2D eigenvalue weighted by Crippen LogP contribution is 2.29. The average molecular weight is 343 g/mol. The van der Waals surface area contributed by atoms with Crippen molar-refractivity contribution in [2.24, 2.45) is 0 Å². The first-order valence-corrected chi connectivity index (χ1v) is 9.01. The van der Waals surface area contributed by atoms with Crippen LogP contribution in [0.1, 0.15) is 24.8 Å². The van der Waals surface area contributed by atoms with Crippen LogP contribution in [0.25, 0.3) is 0 Å². The number of sulfonamides is 1. The van der Waals surface area contributed by atoms with E-state index in [0.717, 1.165) is 5.56 Å². The van der Waals surface area contributed by atoms with Crippen molar-refractivity contribution in [3.8, 4) is 6.07 Å². The van der Waals surface area contributed by atoms with Gasteiger partial charge in [0.15, 0.2) is 0 Å². The molecule has 1 aliphatic rings. The summed E-state index contributed by atoms with van der Waals surface area (Å²) < 4.78 is 32.6. The van der Waals surface area contributed by atoms with Crippen molar-refractivity contribution in [2.45, 2.75) is 37.1 Å². The zero-order chi connectivity index (χ0) is 16.2. The summed E-state index contributed by atoms with van der Waals surface area (Å²) in [4.78, 5) is 0.101.